The number of amides is 1. The summed E-state index contributed by atoms with van der Waals surface area (Å²) in [5.74, 6) is -1.72. The molecule has 8 nitrogen and oxygen atoms in total. The molecule has 0 saturated heterocycles. The number of benzene rings is 1. The largest absolute Gasteiger partial charge is 0.490 e. The SMILES string of the molecule is C=CC(=O)N1CCc2nc(-c3nc(-c4ccc(=O)n(C)c4)c4ccsc4c3-c3c(F)cc(F)cc3OCCOC)sc2C1. The third-order valence-corrected chi connectivity index (χ3v) is 9.22. The molecule has 1 aliphatic heterocycles. The van der Waals surface area contributed by atoms with Crippen molar-refractivity contribution in [1.29, 1.82) is 0 Å². The molecule has 0 saturated carbocycles. The molecule has 1 amide bonds. The standard InChI is InChI=1S/C31H26F2N4O4S2/c1-4-24(38)37-9-7-21-23(16-37)43-31(34-21)29-27(26-20(33)13-18(32)14-22(26)41-11-10-40-3)30-19(8-12-42-30)28(35-29)17-5-6-25(39)36(2)15-17/h4-6,8,12-15H,1,7,9-11,16H2,2-3H3. The Morgan fingerprint density at radius 1 is 1.14 bits per heavy atom. The molecule has 220 valence electrons. The van der Waals surface area contributed by atoms with E-state index in [4.69, 9.17) is 19.4 Å². The highest BCUT2D eigenvalue weighted by Gasteiger charge is 2.29. The number of rotatable bonds is 8. The molecule has 4 aromatic heterocycles. The summed E-state index contributed by atoms with van der Waals surface area (Å²) in [6.45, 7) is 4.77. The van der Waals surface area contributed by atoms with Gasteiger partial charge in [0.2, 0.25) is 11.5 Å². The van der Waals surface area contributed by atoms with E-state index in [1.54, 1.807) is 24.2 Å². The van der Waals surface area contributed by atoms with Crippen LogP contribution in [0.1, 0.15) is 10.6 Å². The third-order valence-electron chi connectivity index (χ3n) is 7.20. The molecule has 0 aliphatic carbocycles. The molecule has 0 fully saturated rings. The summed E-state index contributed by atoms with van der Waals surface area (Å²) in [6, 6.07) is 7.05. The van der Waals surface area contributed by atoms with Crippen molar-refractivity contribution < 1.29 is 23.0 Å². The van der Waals surface area contributed by atoms with Gasteiger partial charge in [-0.3, -0.25) is 9.59 Å². The quantitative estimate of drug-likeness (QED) is 0.160. The Balaban J connectivity index is 1.63. The van der Waals surface area contributed by atoms with Crippen LogP contribution in [0.2, 0.25) is 0 Å². The van der Waals surface area contributed by atoms with Crippen molar-refractivity contribution in [2.24, 2.45) is 7.05 Å². The fourth-order valence-electron chi connectivity index (χ4n) is 5.12. The fourth-order valence-corrected chi connectivity index (χ4v) is 7.19. The van der Waals surface area contributed by atoms with Crippen LogP contribution < -0.4 is 10.3 Å². The Kier molecular flexibility index (Phi) is 7.91. The van der Waals surface area contributed by atoms with Gasteiger partial charge in [0.1, 0.15) is 34.7 Å². The number of hydrogen-bond donors (Lipinski definition) is 0. The molecule has 0 bridgehead atoms. The number of carbonyl (C=O) groups excluding carboxylic acids is 1. The van der Waals surface area contributed by atoms with Gasteiger partial charge in [0, 0.05) is 77.6 Å². The van der Waals surface area contributed by atoms with E-state index in [1.807, 2.05) is 11.4 Å². The van der Waals surface area contributed by atoms with Gasteiger partial charge in [-0.05, 0) is 23.6 Å². The van der Waals surface area contributed by atoms with Crippen LogP contribution in [0.3, 0.4) is 0 Å². The number of fused-ring (bicyclic) bond motifs is 2. The molecule has 1 aliphatic rings. The second kappa shape index (κ2) is 11.8. The molecule has 0 N–H and O–H groups in total. The maximum Gasteiger partial charge on any atom is 0.250 e. The van der Waals surface area contributed by atoms with Crippen molar-refractivity contribution in [3.05, 3.63) is 87.1 Å². The molecule has 0 spiro atoms. The van der Waals surface area contributed by atoms with Crippen LogP contribution in [0.15, 0.2) is 59.4 Å². The lowest BCUT2D eigenvalue weighted by molar-refractivity contribution is -0.126. The highest BCUT2D eigenvalue weighted by atomic mass is 32.1. The first kappa shape index (κ1) is 28.8. The van der Waals surface area contributed by atoms with Crippen molar-refractivity contribution in [3.8, 4) is 38.8 Å². The van der Waals surface area contributed by atoms with Crippen molar-refractivity contribution in [2.75, 3.05) is 26.9 Å². The van der Waals surface area contributed by atoms with Gasteiger partial charge in [-0.1, -0.05) is 6.58 Å². The summed E-state index contributed by atoms with van der Waals surface area (Å²) in [7, 11) is 3.17. The molecule has 5 aromatic rings. The Bertz CT molecular complexity index is 1950. The fraction of sp³-hybridized carbons (Fsp3) is 0.226. The normalized spacial score (nSPS) is 12.9. The van der Waals surface area contributed by atoms with Crippen molar-refractivity contribution in [2.45, 2.75) is 13.0 Å². The first-order chi connectivity index (χ1) is 20.8. The lowest BCUT2D eigenvalue weighted by atomic mass is 9.98. The molecule has 0 atom stereocenters. The molecule has 12 heteroatoms. The third kappa shape index (κ3) is 5.37. The van der Waals surface area contributed by atoms with Gasteiger partial charge < -0.3 is 18.9 Å². The van der Waals surface area contributed by atoms with E-state index < -0.39 is 11.6 Å². The Labute approximate surface area is 253 Å². The van der Waals surface area contributed by atoms with Crippen LogP contribution in [-0.4, -0.2) is 52.2 Å². The molecule has 0 unspecified atom stereocenters. The number of methoxy groups -OCH3 is 1. The van der Waals surface area contributed by atoms with E-state index in [0.29, 0.717) is 51.7 Å². The minimum Gasteiger partial charge on any atom is -0.490 e. The maximum atomic E-state index is 15.9. The predicted octanol–water partition coefficient (Wildman–Crippen LogP) is 5.83. The number of nitrogens with zero attached hydrogens (tertiary/aromatic N) is 4. The van der Waals surface area contributed by atoms with Gasteiger partial charge in [-0.25, -0.2) is 18.7 Å². The van der Waals surface area contributed by atoms with E-state index in [0.717, 1.165) is 28.1 Å². The van der Waals surface area contributed by atoms with Crippen LogP contribution in [0, 0.1) is 11.6 Å². The summed E-state index contributed by atoms with van der Waals surface area (Å²) < 4.78 is 43.5. The smallest absolute Gasteiger partial charge is 0.250 e. The number of aromatic nitrogens is 3. The predicted molar refractivity (Wildman–Crippen MR) is 163 cm³/mol. The second-order valence-corrected chi connectivity index (χ2v) is 11.9. The first-order valence-corrected chi connectivity index (χ1v) is 15.1. The van der Waals surface area contributed by atoms with Crippen LogP contribution in [0.25, 0.3) is 43.2 Å². The molecular weight excluding hydrogens is 594 g/mol. The van der Waals surface area contributed by atoms with E-state index in [9.17, 15) is 14.0 Å². The number of hydrogen-bond acceptors (Lipinski definition) is 8. The second-order valence-electron chi connectivity index (χ2n) is 9.92. The van der Waals surface area contributed by atoms with Crippen molar-refractivity contribution in [3.63, 3.8) is 0 Å². The van der Waals surface area contributed by atoms with Gasteiger partial charge in [-0.15, -0.1) is 22.7 Å². The molecule has 5 heterocycles. The van der Waals surface area contributed by atoms with Crippen LogP contribution in [-0.2, 0) is 29.5 Å². The number of thiophene rings is 1. The van der Waals surface area contributed by atoms with E-state index >= 15 is 4.39 Å². The van der Waals surface area contributed by atoms with E-state index in [-0.39, 0.29) is 36.0 Å². The van der Waals surface area contributed by atoms with Crippen LogP contribution in [0.4, 0.5) is 8.78 Å². The topological polar surface area (TPSA) is 86.6 Å². The molecule has 1 aromatic carbocycles. The van der Waals surface area contributed by atoms with Crippen LogP contribution >= 0.6 is 22.7 Å². The van der Waals surface area contributed by atoms with Gasteiger partial charge >= 0.3 is 0 Å². The summed E-state index contributed by atoms with van der Waals surface area (Å²) in [5, 5.41) is 3.14. The minimum absolute atomic E-state index is 0.0197. The molecule has 6 rings (SSSR count). The zero-order valence-electron chi connectivity index (χ0n) is 23.4. The van der Waals surface area contributed by atoms with E-state index in [1.165, 1.54) is 46.5 Å². The van der Waals surface area contributed by atoms with Gasteiger partial charge in [-0.2, -0.15) is 0 Å². The first-order valence-electron chi connectivity index (χ1n) is 13.4. The number of pyridine rings is 2. The Hall–Kier alpha value is -4.26. The lowest BCUT2D eigenvalue weighted by Crippen LogP contribution is -2.34. The summed E-state index contributed by atoms with van der Waals surface area (Å²) in [4.78, 5) is 37.1. The molecule has 43 heavy (non-hydrogen) atoms. The van der Waals surface area contributed by atoms with Gasteiger partial charge in [0.15, 0.2) is 0 Å². The number of thiazole rings is 1. The van der Waals surface area contributed by atoms with Crippen LogP contribution in [0.5, 0.6) is 5.75 Å². The average molecular weight is 621 g/mol. The summed E-state index contributed by atoms with van der Waals surface area (Å²) >= 11 is 2.77. The number of aryl methyl sites for hydroxylation is 1. The highest BCUT2D eigenvalue weighted by molar-refractivity contribution is 7.18. The van der Waals surface area contributed by atoms with Gasteiger partial charge in [0.25, 0.3) is 0 Å². The average Bonchev–Trinajstić information content (AvgIpc) is 3.65. The maximum absolute atomic E-state index is 15.9. The summed E-state index contributed by atoms with van der Waals surface area (Å²) in [5.41, 5.74) is 2.84. The zero-order valence-corrected chi connectivity index (χ0v) is 25.0. The highest BCUT2D eigenvalue weighted by Crippen LogP contribution is 2.48. The van der Waals surface area contributed by atoms with E-state index in [2.05, 4.69) is 6.58 Å². The van der Waals surface area contributed by atoms with Gasteiger partial charge in [0.05, 0.1) is 30.1 Å². The molecule has 0 radical (unpaired) electrons. The Morgan fingerprint density at radius 2 is 1.98 bits per heavy atom. The number of ether oxygens (including phenoxy) is 2. The van der Waals surface area contributed by atoms with Crippen molar-refractivity contribution >= 4 is 38.7 Å². The zero-order chi connectivity index (χ0) is 30.2. The monoisotopic (exact) mass is 620 g/mol. The molecular formula is C31H26F2N4O4S2. The number of halogens is 2. The Morgan fingerprint density at radius 3 is 2.74 bits per heavy atom. The van der Waals surface area contributed by atoms with Crippen molar-refractivity contribution in [1.82, 2.24) is 19.4 Å². The number of carbonyl (C=O) groups is 1. The summed E-state index contributed by atoms with van der Waals surface area (Å²) in [6.07, 6.45) is 3.54. The minimum atomic E-state index is -0.802. The lowest BCUT2D eigenvalue weighted by Gasteiger charge is -2.24.